The second-order valence-electron chi connectivity index (χ2n) is 5.97. The molecule has 1 heterocycles. The Morgan fingerprint density at radius 1 is 1.10 bits per heavy atom. The van der Waals surface area contributed by atoms with Gasteiger partial charge in [-0.05, 0) is 58.8 Å². The van der Waals surface area contributed by atoms with Crippen LogP contribution in [0.1, 0.15) is 12.0 Å². The van der Waals surface area contributed by atoms with E-state index in [-0.39, 0.29) is 35.5 Å². The molecule has 4 rings (SSSR count). The van der Waals surface area contributed by atoms with E-state index in [2.05, 4.69) is 28.1 Å². The minimum absolute atomic E-state index is 0.0265. The van der Waals surface area contributed by atoms with Gasteiger partial charge >= 0.3 is 0 Å². The number of carbonyl (C=O) groups is 2. The smallest absolute Gasteiger partial charge is 0.238 e. The molecule has 0 spiro atoms. The van der Waals surface area contributed by atoms with Gasteiger partial charge in [0, 0.05) is 4.47 Å². The standard InChI is InChI=1S/C16H14BrNO2/c1-8-2-5-12(11(17)6-8)18-15(19)13-9-3-4-10(7-9)14(13)16(18)20/h2-6,9-10,13-14H,7H2,1H3. The first kappa shape index (κ1) is 12.3. The van der Waals surface area contributed by atoms with Crippen LogP contribution in [0.2, 0.25) is 0 Å². The van der Waals surface area contributed by atoms with E-state index in [1.165, 1.54) is 4.90 Å². The molecule has 4 atom stereocenters. The first-order valence-corrected chi connectivity index (χ1v) is 7.69. The van der Waals surface area contributed by atoms with Gasteiger partial charge in [0.15, 0.2) is 0 Å². The zero-order valence-corrected chi connectivity index (χ0v) is 12.6. The molecule has 4 unspecified atom stereocenters. The molecule has 0 aromatic heterocycles. The maximum atomic E-state index is 12.7. The number of amides is 2. The van der Waals surface area contributed by atoms with Gasteiger partial charge in [-0.15, -0.1) is 0 Å². The monoisotopic (exact) mass is 331 g/mol. The molecule has 4 heteroatoms. The minimum atomic E-state index is -0.134. The molecule has 3 aliphatic rings. The predicted octanol–water partition coefficient (Wildman–Crippen LogP) is 3.07. The lowest BCUT2D eigenvalue weighted by molar-refractivity contribution is -0.123. The number of halogens is 1. The average molecular weight is 332 g/mol. The zero-order valence-electron chi connectivity index (χ0n) is 11.0. The number of hydrogen-bond acceptors (Lipinski definition) is 2. The summed E-state index contributed by atoms with van der Waals surface area (Å²) in [5, 5.41) is 0. The van der Waals surface area contributed by atoms with E-state index in [4.69, 9.17) is 0 Å². The van der Waals surface area contributed by atoms with E-state index < -0.39 is 0 Å². The van der Waals surface area contributed by atoms with Crippen molar-refractivity contribution in [1.29, 1.82) is 0 Å². The van der Waals surface area contributed by atoms with Crippen molar-refractivity contribution in [3.05, 3.63) is 40.4 Å². The number of rotatable bonds is 1. The second kappa shape index (κ2) is 4.04. The van der Waals surface area contributed by atoms with Gasteiger partial charge in [-0.3, -0.25) is 9.59 Å². The molecule has 2 amide bonds. The summed E-state index contributed by atoms with van der Waals surface area (Å²) >= 11 is 3.48. The summed E-state index contributed by atoms with van der Waals surface area (Å²) in [5.74, 6) is 0.200. The number of benzene rings is 1. The summed E-state index contributed by atoms with van der Waals surface area (Å²) < 4.78 is 0.805. The Morgan fingerprint density at radius 2 is 1.70 bits per heavy atom. The quantitative estimate of drug-likeness (QED) is 0.585. The SMILES string of the molecule is Cc1ccc(N2C(=O)C3C4C=CC(C4)C3C2=O)c(Br)c1. The van der Waals surface area contributed by atoms with Crippen molar-refractivity contribution in [2.45, 2.75) is 13.3 Å². The van der Waals surface area contributed by atoms with Crippen LogP contribution in [0.5, 0.6) is 0 Å². The van der Waals surface area contributed by atoms with Gasteiger partial charge in [0.05, 0.1) is 17.5 Å². The van der Waals surface area contributed by atoms with Gasteiger partial charge < -0.3 is 0 Å². The number of imide groups is 1. The largest absolute Gasteiger partial charge is 0.274 e. The topological polar surface area (TPSA) is 37.4 Å². The van der Waals surface area contributed by atoms with Crippen molar-refractivity contribution in [3.8, 4) is 0 Å². The molecule has 2 fully saturated rings. The lowest BCUT2D eigenvalue weighted by Gasteiger charge is -2.19. The number of anilines is 1. The van der Waals surface area contributed by atoms with Gasteiger partial charge in [0.25, 0.3) is 0 Å². The molecule has 2 bridgehead atoms. The predicted molar refractivity (Wildman–Crippen MR) is 79.1 cm³/mol. The van der Waals surface area contributed by atoms with Gasteiger partial charge in [0.1, 0.15) is 0 Å². The summed E-state index contributed by atoms with van der Waals surface area (Å²) in [6.07, 6.45) is 5.20. The molecule has 0 N–H and O–H groups in total. The third kappa shape index (κ3) is 1.46. The van der Waals surface area contributed by atoms with Crippen LogP contribution in [0.25, 0.3) is 0 Å². The number of hydrogen-bond donors (Lipinski definition) is 0. The van der Waals surface area contributed by atoms with Crippen molar-refractivity contribution in [3.63, 3.8) is 0 Å². The van der Waals surface area contributed by atoms with Crippen molar-refractivity contribution in [1.82, 2.24) is 0 Å². The highest BCUT2D eigenvalue weighted by Crippen LogP contribution is 2.53. The Bertz CT molecular complexity index is 636. The van der Waals surface area contributed by atoms with Crippen LogP contribution in [-0.2, 0) is 9.59 Å². The maximum Gasteiger partial charge on any atom is 0.238 e. The summed E-state index contributed by atoms with van der Waals surface area (Å²) in [7, 11) is 0. The molecule has 1 saturated carbocycles. The van der Waals surface area contributed by atoms with Crippen LogP contribution in [-0.4, -0.2) is 11.8 Å². The minimum Gasteiger partial charge on any atom is -0.274 e. The summed E-state index contributed by atoms with van der Waals surface area (Å²) in [4.78, 5) is 26.7. The van der Waals surface area contributed by atoms with Gasteiger partial charge in [0.2, 0.25) is 11.8 Å². The third-order valence-electron chi connectivity index (χ3n) is 4.81. The summed E-state index contributed by atoms with van der Waals surface area (Å²) in [6, 6.07) is 5.73. The van der Waals surface area contributed by atoms with Crippen LogP contribution in [0.15, 0.2) is 34.8 Å². The van der Waals surface area contributed by atoms with Gasteiger partial charge in [-0.2, -0.15) is 0 Å². The molecule has 0 radical (unpaired) electrons. The van der Waals surface area contributed by atoms with Crippen LogP contribution < -0.4 is 4.90 Å². The van der Waals surface area contributed by atoms with Crippen molar-refractivity contribution >= 4 is 33.4 Å². The fourth-order valence-corrected chi connectivity index (χ4v) is 4.60. The number of allylic oxidation sites excluding steroid dienone is 2. The van der Waals surface area contributed by atoms with E-state index in [9.17, 15) is 9.59 Å². The lowest BCUT2D eigenvalue weighted by Crippen LogP contribution is -2.33. The van der Waals surface area contributed by atoms with Crippen molar-refractivity contribution in [2.24, 2.45) is 23.7 Å². The molecular formula is C16H14BrNO2. The number of nitrogens with zero attached hydrogens (tertiary/aromatic N) is 1. The number of carbonyl (C=O) groups excluding carboxylic acids is 2. The molecule has 1 aromatic carbocycles. The van der Waals surface area contributed by atoms with E-state index >= 15 is 0 Å². The maximum absolute atomic E-state index is 12.7. The highest BCUT2D eigenvalue weighted by atomic mass is 79.9. The molecule has 1 aliphatic heterocycles. The first-order chi connectivity index (χ1) is 9.58. The Balaban J connectivity index is 1.78. The third-order valence-corrected chi connectivity index (χ3v) is 5.45. The van der Waals surface area contributed by atoms with E-state index in [0.29, 0.717) is 5.69 Å². The Labute approximate surface area is 125 Å². The van der Waals surface area contributed by atoms with Crippen LogP contribution in [0, 0.1) is 30.6 Å². The highest BCUT2D eigenvalue weighted by molar-refractivity contribution is 9.10. The van der Waals surface area contributed by atoms with Crippen molar-refractivity contribution in [2.75, 3.05) is 4.90 Å². The van der Waals surface area contributed by atoms with Gasteiger partial charge in [-0.25, -0.2) is 4.90 Å². The Morgan fingerprint density at radius 3 is 2.25 bits per heavy atom. The second-order valence-corrected chi connectivity index (χ2v) is 6.82. The number of aryl methyl sites for hydroxylation is 1. The molecule has 1 aromatic rings. The van der Waals surface area contributed by atoms with Crippen LogP contribution >= 0.6 is 15.9 Å². The van der Waals surface area contributed by atoms with E-state index in [1.54, 1.807) is 0 Å². The van der Waals surface area contributed by atoms with E-state index in [0.717, 1.165) is 16.5 Å². The molecular weight excluding hydrogens is 318 g/mol. The fraction of sp³-hybridized carbons (Fsp3) is 0.375. The highest BCUT2D eigenvalue weighted by Gasteiger charge is 2.59. The van der Waals surface area contributed by atoms with Gasteiger partial charge in [-0.1, -0.05) is 18.2 Å². The van der Waals surface area contributed by atoms with E-state index in [1.807, 2.05) is 25.1 Å². The molecule has 20 heavy (non-hydrogen) atoms. The fourth-order valence-electron chi connectivity index (χ4n) is 3.93. The summed E-state index contributed by atoms with van der Waals surface area (Å²) in [6.45, 7) is 1.99. The average Bonchev–Trinajstić information content (AvgIpc) is 3.06. The van der Waals surface area contributed by atoms with Crippen LogP contribution in [0.4, 0.5) is 5.69 Å². The zero-order chi connectivity index (χ0) is 14.0. The Hall–Kier alpha value is -1.42. The first-order valence-electron chi connectivity index (χ1n) is 6.90. The molecule has 3 nitrogen and oxygen atoms in total. The summed E-state index contributed by atoms with van der Waals surface area (Å²) in [5.41, 5.74) is 1.78. The van der Waals surface area contributed by atoms with Crippen molar-refractivity contribution < 1.29 is 9.59 Å². The van der Waals surface area contributed by atoms with Crippen LogP contribution in [0.3, 0.4) is 0 Å². The molecule has 1 saturated heterocycles. The lowest BCUT2D eigenvalue weighted by atomic mass is 9.85. The number of fused-ring (bicyclic) bond motifs is 5. The molecule has 102 valence electrons. The normalized spacial score (nSPS) is 34.2. The molecule has 2 aliphatic carbocycles. The Kier molecular flexibility index (Phi) is 2.49.